The number of aromatic nitrogens is 4. The van der Waals surface area contributed by atoms with E-state index < -0.39 is 5.97 Å². The van der Waals surface area contributed by atoms with Gasteiger partial charge in [0.25, 0.3) is 0 Å². The Balaban J connectivity index is 2.18. The molecule has 0 bridgehead atoms. The average molecular weight is 224 g/mol. The minimum atomic E-state index is -1.02. The van der Waals surface area contributed by atoms with E-state index in [2.05, 4.69) is 14.7 Å². The van der Waals surface area contributed by atoms with Crippen LogP contribution >= 0.6 is 11.5 Å². The summed E-state index contributed by atoms with van der Waals surface area (Å²) in [5.74, 6) is -1.02. The number of carbonyl (C=O) groups is 1. The molecule has 0 fully saturated rings. The van der Waals surface area contributed by atoms with Gasteiger partial charge in [0.05, 0.1) is 17.1 Å². The highest BCUT2D eigenvalue weighted by Gasteiger charge is 2.09. The number of aromatic carboxylic acids is 1. The molecule has 0 radical (unpaired) electrons. The quantitative estimate of drug-likeness (QED) is 0.833. The first-order valence-electron chi connectivity index (χ1n) is 4.21. The molecule has 2 heterocycles. The van der Waals surface area contributed by atoms with Gasteiger partial charge in [-0.1, -0.05) is 4.49 Å². The van der Waals surface area contributed by atoms with E-state index in [9.17, 15) is 4.79 Å². The molecule has 0 unspecified atom stereocenters. The van der Waals surface area contributed by atoms with E-state index in [1.165, 1.54) is 17.6 Å². The van der Waals surface area contributed by atoms with Crippen molar-refractivity contribution in [2.45, 2.75) is 13.5 Å². The number of hydrogen-bond donors (Lipinski definition) is 1. The Kier molecular flexibility index (Phi) is 2.46. The van der Waals surface area contributed by atoms with Gasteiger partial charge in [-0.05, 0) is 24.5 Å². The van der Waals surface area contributed by atoms with Crippen molar-refractivity contribution in [2.75, 3.05) is 0 Å². The summed E-state index contributed by atoms with van der Waals surface area (Å²) in [5.41, 5.74) is 0.900. The Hall–Kier alpha value is -1.76. The fourth-order valence-corrected chi connectivity index (χ4v) is 1.73. The molecule has 0 aliphatic carbocycles. The molecular weight excluding hydrogens is 216 g/mol. The monoisotopic (exact) mass is 224 g/mol. The van der Waals surface area contributed by atoms with E-state index >= 15 is 0 Å². The van der Waals surface area contributed by atoms with Crippen molar-refractivity contribution in [1.29, 1.82) is 0 Å². The van der Waals surface area contributed by atoms with Gasteiger partial charge in [0.15, 0.2) is 5.69 Å². The molecule has 2 aromatic rings. The predicted molar refractivity (Wildman–Crippen MR) is 52.9 cm³/mol. The van der Waals surface area contributed by atoms with Crippen molar-refractivity contribution >= 4 is 17.5 Å². The van der Waals surface area contributed by atoms with Crippen molar-refractivity contribution in [1.82, 2.24) is 19.4 Å². The second-order valence-electron chi connectivity index (χ2n) is 2.99. The van der Waals surface area contributed by atoms with Gasteiger partial charge in [-0.15, -0.1) is 5.10 Å². The number of carboxylic acids is 1. The smallest absolute Gasteiger partial charge is 0.356 e. The Morgan fingerprint density at radius 3 is 3.00 bits per heavy atom. The molecule has 15 heavy (non-hydrogen) atoms. The molecule has 0 aromatic carbocycles. The van der Waals surface area contributed by atoms with E-state index in [0.717, 1.165) is 10.6 Å². The highest BCUT2D eigenvalue weighted by Crippen LogP contribution is 2.10. The molecule has 0 atom stereocenters. The second kappa shape index (κ2) is 3.77. The summed E-state index contributed by atoms with van der Waals surface area (Å²) in [6.45, 7) is 2.37. The summed E-state index contributed by atoms with van der Waals surface area (Å²) < 4.78 is 5.36. The van der Waals surface area contributed by atoms with Gasteiger partial charge in [0.1, 0.15) is 0 Å². The van der Waals surface area contributed by atoms with Gasteiger partial charge in [-0.2, -0.15) is 5.10 Å². The fourth-order valence-electron chi connectivity index (χ4n) is 1.11. The van der Waals surface area contributed by atoms with Crippen LogP contribution in [0.1, 0.15) is 21.1 Å². The lowest BCUT2D eigenvalue weighted by Gasteiger charge is -1.97. The number of aryl methyl sites for hydroxylation is 1. The van der Waals surface area contributed by atoms with Gasteiger partial charge in [0.2, 0.25) is 0 Å². The van der Waals surface area contributed by atoms with E-state index in [-0.39, 0.29) is 5.69 Å². The molecule has 2 aromatic heterocycles. The van der Waals surface area contributed by atoms with Crippen LogP contribution in [0.25, 0.3) is 0 Å². The van der Waals surface area contributed by atoms with Gasteiger partial charge >= 0.3 is 5.97 Å². The van der Waals surface area contributed by atoms with Gasteiger partial charge in [-0.3, -0.25) is 4.68 Å². The molecule has 0 saturated heterocycles. The summed E-state index contributed by atoms with van der Waals surface area (Å²) in [6.07, 6.45) is 1.63. The first-order chi connectivity index (χ1) is 7.16. The molecule has 78 valence electrons. The zero-order chi connectivity index (χ0) is 10.8. The van der Waals surface area contributed by atoms with Crippen LogP contribution in [-0.4, -0.2) is 30.4 Å². The Labute approximate surface area is 89.3 Å². The molecular formula is C8H8N4O2S. The fraction of sp³-hybridized carbons (Fsp3) is 0.250. The molecule has 0 amide bonds. The average Bonchev–Trinajstić information content (AvgIpc) is 2.77. The summed E-state index contributed by atoms with van der Waals surface area (Å²) in [5, 5.41) is 16.4. The maximum absolute atomic E-state index is 10.6. The van der Waals surface area contributed by atoms with E-state index in [1.54, 1.807) is 10.9 Å². The molecule has 7 heteroatoms. The Morgan fingerprint density at radius 1 is 1.67 bits per heavy atom. The minimum absolute atomic E-state index is 0.0464. The summed E-state index contributed by atoms with van der Waals surface area (Å²) in [6, 6.07) is 1.46. The number of carboxylic acid groups (broad SMARTS) is 1. The predicted octanol–water partition coefficient (Wildman–Crippen LogP) is 0.790. The number of rotatable bonds is 3. The third-order valence-electron chi connectivity index (χ3n) is 1.91. The molecule has 1 N–H and O–H groups in total. The first-order valence-corrected chi connectivity index (χ1v) is 4.99. The Bertz CT molecular complexity index is 490. The molecule has 0 aliphatic heterocycles. The molecule has 2 rings (SSSR count). The lowest BCUT2D eigenvalue weighted by atomic mass is 10.4. The second-order valence-corrected chi connectivity index (χ2v) is 3.82. The normalized spacial score (nSPS) is 10.5. The van der Waals surface area contributed by atoms with Crippen LogP contribution in [-0.2, 0) is 6.54 Å². The molecule has 0 aliphatic rings. The van der Waals surface area contributed by atoms with Crippen molar-refractivity contribution in [3.05, 3.63) is 28.5 Å². The number of nitrogens with zero attached hydrogens (tertiary/aromatic N) is 4. The van der Waals surface area contributed by atoms with Crippen molar-refractivity contribution in [3.63, 3.8) is 0 Å². The largest absolute Gasteiger partial charge is 0.476 e. The SMILES string of the molecule is Cc1nnsc1Cn1ccc(C(=O)O)n1. The van der Waals surface area contributed by atoms with Crippen LogP contribution in [0, 0.1) is 6.92 Å². The van der Waals surface area contributed by atoms with E-state index in [4.69, 9.17) is 5.11 Å². The van der Waals surface area contributed by atoms with Crippen LogP contribution in [0.3, 0.4) is 0 Å². The standard InChI is InChI=1S/C8H8N4O2S/c1-5-7(15-11-9-5)4-12-3-2-6(10-12)8(13)14/h2-3H,4H2,1H3,(H,13,14). The third-order valence-corrected chi connectivity index (χ3v) is 2.72. The zero-order valence-corrected chi connectivity index (χ0v) is 8.73. The van der Waals surface area contributed by atoms with Gasteiger partial charge in [0, 0.05) is 6.20 Å². The van der Waals surface area contributed by atoms with Crippen LogP contribution < -0.4 is 0 Å². The highest BCUT2D eigenvalue weighted by atomic mass is 32.1. The highest BCUT2D eigenvalue weighted by molar-refractivity contribution is 7.05. The van der Waals surface area contributed by atoms with Crippen molar-refractivity contribution in [3.8, 4) is 0 Å². The minimum Gasteiger partial charge on any atom is -0.476 e. The summed E-state index contributed by atoms with van der Waals surface area (Å²) in [4.78, 5) is 11.6. The van der Waals surface area contributed by atoms with Crippen LogP contribution in [0.5, 0.6) is 0 Å². The zero-order valence-electron chi connectivity index (χ0n) is 7.91. The number of hydrogen-bond acceptors (Lipinski definition) is 5. The van der Waals surface area contributed by atoms with Crippen molar-refractivity contribution in [2.24, 2.45) is 0 Å². The van der Waals surface area contributed by atoms with E-state index in [1.807, 2.05) is 6.92 Å². The molecule has 0 saturated carbocycles. The third kappa shape index (κ3) is 2.01. The lowest BCUT2D eigenvalue weighted by molar-refractivity contribution is 0.0689. The lowest BCUT2D eigenvalue weighted by Crippen LogP contribution is -2.03. The molecule has 0 spiro atoms. The Morgan fingerprint density at radius 2 is 2.47 bits per heavy atom. The molecule has 6 nitrogen and oxygen atoms in total. The maximum atomic E-state index is 10.6. The first kappa shape index (κ1) is 9.78. The van der Waals surface area contributed by atoms with Crippen molar-refractivity contribution < 1.29 is 9.90 Å². The van der Waals surface area contributed by atoms with Gasteiger partial charge < -0.3 is 5.11 Å². The van der Waals surface area contributed by atoms with Crippen LogP contribution in [0.2, 0.25) is 0 Å². The van der Waals surface area contributed by atoms with Gasteiger partial charge in [-0.25, -0.2) is 4.79 Å². The van der Waals surface area contributed by atoms with Crippen LogP contribution in [0.4, 0.5) is 0 Å². The summed E-state index contributed by atoms with van der Waals surface area (Å²) in [7, 11) is 0. The van der Waals surface area contributed by atoms with E-state index in [0.29, 0.717) is 6.54 Å². The topological polar surface area (TPSA) is 80.9 Å². The maximum Gasteiger partial charge on any atom is 0.356 e. The summed E-state index contributed by atoms with van der Waals surface area (Å²) >= 11 is 1.29. The van der Waals surface area contributed by atoms with Crippen LogP contribution in [0.15, 0.2) is 12.3 Å².